The Bertz CT molecular complexity index is 741. The number of nitrogens with two attached hydrogens (primary N) is 1. The molecule has 4 heteroatoms. The SMILES string of the molecule is Cc1ccc(N)cc1C(=O)NCC(C)N1CCc2ccccc2C1. The highest BCUT2D eigenvalue weighted by molar-refractivity contribution is 5.96. The van der Waals surface area contributed by atoms with Gasteiger partial charge in [-0.25, -0.2) is 0 Å². The molecule has 0 aliphatic carbocycles. The Kier molecular flexibility index (Phi) is 4.86. The molecule has 3 rings (SSSR count). The topological polar surface area (TPSA) is 58.4 Å². The summed E-state index contributed by atoms with van der Waals surface area (Å²) in [6, 6.07) is 14.3. The first-order chi connectivity index (χ1) is 11.5. The zero-order chi connectivity index (χ0) is 17.1. The zero-order valence-corrected chi connectivity index (χ0v) is 14.4. The molecule has 126 valence electrons. The molecular formula is C20H25N3O. The fourth-order valence-electron chi connectivity index (χ4n) is 3.24. The zero-order valence-electron chi connectivity index (χ0n) is 14.4. The third-order valence-electron chi connectivity index (χ3n) is 4.85. The number of fused-ring (bicyclic) bond motifs is 1. The van der Waals surface area contributed by atoms with Crippen LogP contribution in [0.3, 0.4) is 0 Å². The van der Waals surface area contributed by atoms with Gasteiger partial charge in [-0.15, -0.1) is 0 Å². The lowest BCUT2D eigenvalue weighted by atomic mass is 9.99. The van der Waals surface area contributed by atoms with Crippen molar-refractivity contribution in [3.05, 3.63) is 64.7 Å². The Balaban J connectivity index is 1.59. The molecule has 0 bridgehead atoms. The van der Waals surface area contributed by atoms with Crippen molar-refractivity contribution < 1.29 is 4.79 Å². The molecule has 2 aromatic carbocycles. The molecular weight excluding hydrogens is 298 g/mol. The van der Waals surface area contributed by atoms with Crippen LogP contribution in [-0.2, 0) is 13.0 Å². The van der Waals surface area contributed by atoms with Crippen LogP contribution in [0.5, 0.6) is 0 Å². The third kappa shape index (κ3) is 3.60. The fourth-order valence-corrected chi connectivity index (χ4v) is 3.24. The number of anilines is 1. The lowest BCUT2D eigenvalue weighted by molar-refractivity contribution is 0.0932. The normalized spacial score (nSPS) is 15.6. The minimum absolute atomic E-state index is 0.0518. The van der Waals surface area contributed by atoms with Gasteiger partial charge in [0.1, 0.15) is 0 Å². The van der Waals surface area contributed by atoms with Crippen molar-refractivity contribution in [2.24, 2.45) is 0 Å². The first-order valence-electron chi connectivity index (χ1n) is 8.50. The summed E-state index contributed by atoms with van der Waals surface area (Å²) in [7, 11) is 0. The summed E-state index contributed by atoms with van der Waals surface area (Å²) in [6.45, 7) is 6.71. The van der Waals surface area contributed by atoms with Crippen LogP contribution in [0.25, 0.3) is 0 Å². The number of amides is 1. The van der Waals surface area contributed by atoms with Gasteiger partial charge in [-0.05, 0) is 49.1 Å². The molecule has 0 saturated heterocycles. The number of hydrogen-bond acceptors (Lipinski definition) is 3. The highest BCUT2D eigenvalue weighted by Crippen LogP contribution is 2.20. The maximum atomic E-state index is 12.4. The molecule has 1 aliphatic rings. The van der Waals surface area contributed by atoms with Gasteiger partial charge >= 0.3 is 0 Å². The molecule has 0 aromatic heterocycles. The smallest absolute Gasteiger partial charge is 0.251 e. The number of rotatable bonds is 4. The minimum atomic E-state index is -0.0518. The van der Waals surface area contributed by atoms with Gasteiger partial charge in [0, 0.05) is 36.9 Å². The number of aryl methyl sites for hydroxylation is 1. The van der Waals surface area contributed by atoms with Crippen LogP contribution >= 0.6 is 0 Å². The van der Waals surface area contributed by atoms with Gasteiger partial charge in [0.25, 0.3) is 5.91 Å². The van der Waals surface area contributed by atoms with E-state index in [2.05, 4.69) is 41.4 Å². The Morgan fingerprint density at radius 3 is 2.79 bits per heavy atom. The van der Waals surface area contributed by atoms with E-state index in [4.69, 9.17) is 5.73 Å². The number of hydrogen-bond donors (Lipinski definition) is 2. The van der Waals surface area contributed by atoms with Crippen molar-refractivity contribution in [2.45, 2.75) is 32.9 Å². The maximum Gasteiger partial charge on any atom is 0.251 e. The van der Waals surface area contributed by atoms with Gasteiger partial charge < -0.3 is 11.1 Å². The average Bonchev–Trinajstić information content (AvgIpc) is 2.61. The van der Waals surface area contributed by atoms with E-state index in [9.17, 15) is 4.79 Å². The summed E-state index contributed by atoms with van der Waals surface area (Å²) in [5.41, 5.74) is 10.9. The quantitative estimate of drug-likeness (QED) is 0.851. The van der Waals surface area contributed by atoms with Crippen molar-refractivity contribution in [1.82, 2.24) is 10.2 Å². The molecule has 0 fully saturated rings. The Labute approximate surface area is 143 Å². The van der Waals surface area contributed by atoms with Gasteiger partial charge in [0.15, 0.2) is 0 Å². The van der Waals surface area contributed by atoms with Crippen LogP contribution in [0.4, 0.5) is 5.69 Å². The summed E-state index contributed by atoms with van der Waals surface area (Å²) in [4.78, 5) is 14.8. The number of nitrogens with zero attached hydrogens (tertiary/aromatic N) is 1. The summed E-state index contributed by atoms with van der Waals surface area (Å²) >= 11 is 0. The number of carbonyl (C=O) groups excluding carboxylic acids is 1. The molecule has 0 saturated carbocycles. The lowest BCUT2D eigenvalue weighted by Gasteiger charge is -2.33. The van der Waals surface area contributed by atoms with Crippen LogP contribution < -0.4 is 11.1 Å². The van der Waals surface area contributed by atoms with Gasteiger partial charge in [0.05, 0.1) is 0 Å². The molecule has 1 amide bonds. The van der Waals surface area contributed by atoms with Gasteiger partial charge in [-0.3, -0.25) is 9.69 Å². The van der Waals surface area contributed by atoms with Crippen LogP contribution in [0.1, 0.15) is 34.0 Å². The summed E-state index contributed by atoms with van der Waals surface area (Å²) in [5.74, 6) is -0.0518. The van der Waals surface area contributed by atoms with Crippen LogP contribution in [0, 0.1) is 6.92 Å². The van der Waals surface area contributed by atoms with E-state index in [1.165, 1.54) is 11.1 Å². The monoisotopic (exact) mass is 323 g/mol. The van der Waals surface area contributed by atoms with Crippen LogP contribution in [0.2, 0.25) is 0 Å². The highest BCUT2D eigenvalue weighted by atomic mass is 16.1. The summed E-state index contributed by atoms with van der Waals surface area (Å²) in [6.07, 6.45) is 1.07. The van der Waals surface area contributed by atoms with Crippen molar-refractivity contribution in [3.63, 3.8) is 0 Å². The molecule has 0 radical (unpaired) electrons. The van der Waals surface area contributed by atoms with E-state index >= 15 is 0 Å². The Hall–Kier alpha value is -2.33. The van der Waals surface area contributed by atoms with Crippen LogP contribution in [0.15, 0.2) is 42.5 Å². The van der Waals surface area contributed by atoms with E-state index in [-0.39, 0.29) is 5.91 Å². The number of carbonyl (C=O) groups is 1. The van der Waals surface area contributed by atoms with E-state index < -0.39 is 0 Å². The van der Waals surface area contributed by atoms with E-state index in [0.29, 0.717) is 23.8 Å². The van der Waals surface area contributed by atoms with Gasteiger partial charge in [0.2, 0.25) is 0 Å². The van der Waals surface area contributed by atoms with Crippen molar-refractivity contribution in [3.8, 4) is 0 Å². The Morgan fingerprint density at radius 2 is 2.00 bits per heavy atom. The molecule has 2 aromatic rings. The summed E-state index contributed by atoms with van der Waals surface area (Å²) < 4.78 is 0. The first kappa shape index (κ1) is 16.5. The first-order valence-corrected chi connectivity index (χ1v) is 8.50. The van der Waals surface area contributed by atoms with Crippen molar-refractivity contribution in [1.29, 1.82) is 0 Å². The predicted octanol–water partition coefficient (Wildman–Crippen LogP) is 2.75. The van der Waals surface area contributed by atoms with E-state index in [0.717, 1.165) is 25.1 Å². The number of nitrogens with one attached hydrogen (secondary N) is 1. The largest absolute Gasteiger partial charge is 0.399 e. The lowest BCUT2D eigenvalue weighted by Crippen LogP contribution is -2.44. The van der Waals surface area contributed by atoms with Gasteiger partial charge in [-0.2, -0.15) is 0 Å². The molecule has 1 unspecified atom stereocenters. The molecule has 4 nitrogen and oxygen atoms in total. The third-order valence-corrected chi connectivity index (χ3v) is 4.85. The number of nitrogen functional groups attached to an aromatic ring is 1. The predicted molar refractivity (Wildman–Crippen MR) is 97.9 cm³/mol. The van der Waals surface area contributed by atoms with E-state index in [1.807, 2.05) is 19.1 Å². The summed E-state index contributed by atoms with van der Waals surface area (Å²) in [5, 5.41) is 3.05. The van der Waals surface area contributed by atoms with Crippen molar-refractivity contribution >= 4 is 11.6 Å². The molecule has 3 N–H and O–H groups in total. The maximum absolute atomic E-state index is 12.4. The second kappa shape index (κ2) is 7.05. The minimum Gasteiger partial charge on any atom is -0.399 e. The van der Waals surface area contributed by atoms with Crippen LogP contribution in [-0.4, -0.2) is 29.9 Å². The molecule has 24 heavy (non-hydrogen) atoms. The highest BCUT2D eigenvalue weighted by Gasteiger charge is 2.21. The average molecular weight is 323 g/mol. The second-order valence-corrected chi connectivity index (χ2v) is 6.62. The fraction of sp³-hybridized carbons (Fsp3) is 0.350. The molecule has 1 atom stereocenters. The molecule has 1 heterocycles. The molecule has 0 spiro atoms. The van der Waals surface area contributed by atoms with Gasteiger partial charge in [-0.1, -0.05) is 30.3 Å². The molecule has 1 aliphatic heterocycles. The standard InChI is InChI=1S/C20H25N3O/c1-14-7-8-18(21)11-19(14)20(24)22-12-15(2)23-10-9-16-5-3-4-6-17(16)13-23/h3-8,11,15H,9-10,12-13,21H2,1-2H3,(H,22,24). The number of benzene rings is 2. The van der Waals surface area contributed by atoms with E-state index in [1.54, 1.807) is 6.07 Å². The second-order valence-electron chi connectivity index (χ2n) is 6.62. The van der Waals surface area contributed by atoms with Crippen molar-refractivity contribution in [2.75, 3.05) is 18.8 Å². The Morgan fingerprint density at radius 1 is 1.25 bits per heavy atom.